The second kappa shape index (κ2) is 5.61. The molecule has 0 radical (unpaired) electrons. The van der Waals surface area contributed by atoms with Gasteiger partial charge in [-0.3, -0.25) is 4.79 Å². The molecule has 0 spiro atoms. The van der Waals surface area contributed by atoms with Gasteiger partial charge in [0.05, 0.1) is 17.2 Å². The van der Waals surface area contributed by atoms with E-state index in [1.165, 1.54) is 18.2 Å². The number of alkyl halides is 3. The molecule has 1 heterocycles. The summed E-state index contributed by atoms with van der Waals surface area (Å²) < 4.78 is 38.3. The molecule has 0 aliphatic carbocycles. The molecule has 1 aromatic rings. The Labute approximate surface area is 109 Å². The zero-order valence-electron chi connectivity index (χ0n) is 10.3. The summed E-state index contributed by atoms with van der Waals surface area (Å²) in [6, 6.07) is 5.02. The molecule has 19 heavy (non-hydrogen) atoms. The van der Waals surface area contributed by atoms with E-state index in [1.54, 1.807) is 0 Å². The van der Waals surface area contributed by atoms with Crippen LogP contribution in [0.4, 0.5) is 18.9 Å². The Hall–Kier alpha value is -1.56. The van der Waals surface area contributed by atoms with E-state index in [4.69, 9.17) is 0 Å². The molecule has 3 nitrogen and oxygen atoms in total. The minimum absolute atomic E-state index is 0.175. The number of para-hydroxylation sites is 1. The van der Waals surface area contributed by atoms with Gasteiger partial charge < -0.3 is 10.6 Å². The summed E-state index contributed by atoms with van der Waals surface area (Å²) >= 11 is 0. The Bertz CT molecular complexity index is 453. The predicted octanol–water partition coefficient (Wildman–Crippen LogP) is 2.64. The first-order valence-electron chi connectivity index (χ1n) is 6.16. The Morgan fingerprint density at radius 1 is 1.32 bits per heavy atom. The third-order valence-electron chi connectivity index (χ3n) is 3.16. The van der Waals surface area contributed by atoms with E-state index in [1.807, 2.05) is 0 Å². The van der Waals surface area contributed by atoms with Crippen LogP contribution < -0.4 is 10.6 Å². The van der Waals surface area contributed by atoms with Gasteiger partial charge in [-0.05, 0) is 31.5 Å². The number of hydrogen-bond donors (Lipinski definition) is 2. The Balaban J connectivity index is 2.12. The minimum atomic E-state index is -4.46. The van der Waals surface area contributed by atoms with Crippen molar-refractivity contribution in [2.75, 3.05) is 18.4 Å². The van der Waals surface area contributed by atoms with Crippen molar-refractivity contribution < 1.29 is 18.0 Å². The molecule has 1 aliphatic rings. The summed E-state index contributed by atoms with van der Waals surface area (Å²) in [5.74, 6) is -0.626. The van der Waals surface area contributed by atoms with Gasteiger partial charge >= 0.3 is 6.18 Å². The lowest BCUT2D eigenvalue weighted by Crippen LogP contribution is -2.37. The number of piperidine rings is 1. The summed E-state index contributed by atoms with van der Waals surface area (Å²) in [6.45, 7) is 1.36. The molecule has 1 aromatic carbocycles. The van der Waals surface area contributed by atoms with Crippen molar-refractivity contribution in [3.63, 3.8) is 0 Å². The number of rotatable bonds is 2. The molecule has 0 saturated carbocycles. The highest BCUT2D eigenvalue weighted by atomic mass is 19.4. The van der Waals surface area contributed by atoms with Crippen LogP contribution in [-0.2, 0) is 11.0 Å². The normalized spacial score (nSPS) is 20.1. The van der Waals surface area contributed by atoms with E-state index in [0.717, 1.165) is 19.0 Å². The highest BCUT2D eigenvalue weighted by molar-refractivity contribution is 5.93. The van der Waals surface area contributed by atoms with Crippen molar-refractivity contribution in [3.8, 4) is 0 Å². The van der Waals surface area contributed by atoms with Crippen LogP contribution in [0, 0.1) is 5.92 Å². The first kappa shape index (κ1) is 13.9. The Morgan fingerprint density at radius 2 is 2.05 bits per heavy atom. The number of amides is 1. The number of hydrogen-bond acceptors (Lipinski definition) is 2. The quantitative estimate of drug-likeness (QED) is 0.869. The van der Waals surface area contributed by atoms with Gasteiger partial charge in [0.2, 0.25) is 5.91 Å². The summed E-state index contributed by atoms with van der Waals surface area (Å²) in [4.78, 5) is 11.9. The number of anilines is 1. The molecule has 104 valence electrons. The standard InChI is InChI=1S/C13H15F3N2O/c14-13(15,16)10-5-1-2-6-11(10)18-12(19)9-4-3-7-17-8-9/h1-2,5-6,9,17H,3-4,7-8H2,(H,18,19)/t9-/m0/s1. The van der Waals surface area contributed by atoms with Gasteiger partial charge in [-0.1, -0.05) is 12.1 Å². The van der Waals surface area contributed by atoms with Gasteiger partial charge in [-0.15, -0.1) is 0 Å². The van der Waals surface area contributed by atoms with Crippen LogP contribution in [0.15, 0.2) is 24.3 Å². The largest absolute Gasteiger partial charge is 0.418 e. The second-order valence-electron chi connectivity index (χ2n) is 4.58. The van der Waals surface area contributed by atoms with E-state index in [0.29, 0.717) is 13.0 Å². The lowest BCUT2D eigenvalue weighted by Gasteiger charge is -2.22. The van der Waals surface area contributed by atoms with Crippen molar-refractivity contribution in [1.82, 2.24) is 5.32 Å². The van der Waals surface area contributed by atoms with Crippen LogP contribution in [0.2, 0.25) is 0 Å². The molecule has 1 aliphatic heterocycles. The van der Waals surface area contributed by atoms with Gasteiger partial charge in [-0.25, -0.2) is 0 Å². The van der Waals surface area contributed by atoms with Gasteiger partial charge in [0, 0.05) is 6.54 Å². The molecule has 0 aromatic heterocycles. The first-order chi connectivity index (χ1) is 8.98. The SMILES string of the molecule is O=C(Nc1ccccc1C(F)(F)F)[C@H]1CCCNC1. The number of carbonyl (C=O) groups is 1. The van der Waals surface area contributed by atoms with E-state index < -0.39 is 11.7 Å². The molecular formula is C13H15F3N2O. The van der Waals surface area contributed by atoms with E-state index in [-0.39, 0.29) is 17.5 Å². The summed E-state index contributed by atoms with van der Waals surface area (Å²) in [7, 11) is 0. The van der Waals surface area contributed by atoms with Gasteiger partial charge in [0.1, 0.15) is 0 Å². The highest BCUT2D eigenvalue weighted by Crippen LogP contribution is 2.34. The van der Waals surface area contributed by atoms with Crippen LogP contribution in [0.5, 0.6) is 0 Å². The molecule has 2 rings (SSSR count). The molecule has 6 heteroatoms. The topological polar surface area (TPSA) is 41.1 Å². The smallest absolute Gasteiger partial charge is 0.325 e. The van der Waals surface area contributed by atoms with Crippen LogP contribution in [0.3, 0.4) is 0 Å². The Kier molecular flexibility index (Phi) is 4.09. The lowest BCUT2D eigenvalue weighted by molar-refractivity contribution is -0.137. The van der Waals surface area contributed by atoms with Crippen LogP contribution in [-0.4, -0.2) is 19.0 Å². The maximum absolute atomic E-state index is 12.8. The average Bonchev–Trinajstić information content (AvgIpc) is 2.39. The molecule has 2 N–H and O–H groups in total. The zero-order chi connectivity index (χ0) is 13.9. The van der Waals surface area contributed by atoms with Crippen molar-refractivity contribution in [1.29, 1.82) is 0 Å². The molecule has 1 amide bonds. The monoisotopic (exact) mass is 272 g/mol. The lowest BCUT2D eigenvalue weighted by atomic mass is 9.98. The maximum atomic E-state index is 12.8. The number of carbonyl (C=O) groups excluding carboxylic acids is 1. The zero-order valence-corrected chi connectivity index (χ0v) is 10.3. The van der Waals surface area contributed by atoms with Gasteiger partial charge in [0.15, 0.2) is 0 Å². The average molecular weight is 272 g/mol. The number of nitrogens with one attached hydrogen (secondary N) is 2. The highest BCUT2D eigenvalue weighted by Gasteiger charge is 2.34. The maximum Gasteiger partial charge on any atom is 0.418 e. The molecule has 1 saturated heterocycles. The second-order valence-corrected chi connectivity index (χ2v) is 4.58. The van der Waals surface area contributed by atoms with Crippen molar-refractivity contribution in [3.05, 3.63) is 29.8 Å². The van der Waals surface area contributed by atoms with Crippen molar-refractivity contribution >= 4 is 11.6 Å². The fourth-order valence-electron chi connectivity index (χ4n) is 2.15. The molecular weight excluding hydrogens is 257 g/mol. The van der Waals surface area contributed by atoms with Gasteiger partial charge in [-0.2, -0.15) is 13.2 Å². The van der Waals surface area contributed by atoms with E-state index in [2.05, 4.69) is 10.6 Å². The Morgan fingerprint density at radius 3 is 2.68 bits per heavy atom. The summed E-state index contributed by atoms with van der Waals surface area (Å²) in [5.41, 5.74) is -0.988. The van der Waals surface area contributed by atoms with Crippen LogP contribution in [0.1, 0.15) is 18.4 Å². The predicted molar refractivity (Wildman–Crippen MR) is 65.7 cm³/mol. The van der Waals surface area contributed by atoms with E-state index >= 15 is 0 Å². The summed E-state index contributed by atoms with van der Waals surface area (Å²) in [5, 5.41) is 5.45. The molecule has 1 fully saturated rings. The third-order valence-corrected chi connectivity index (χ3v) is 3.16. The minimum Gasteiger partial charge on any atom is -0.325 e. The number of benzene rings is 1. The molecule has 0 bridgehead atoms. The van der Waals surface area contributed by atoms with Crippen molar-refractivity contribution in [2.24, 2.45) is 5.92 Å². The number of halogens is 3. The fraction of sp³-hybridized carbons (Fsp3) is 0.462. The van der Waals surface area contributed by atoms with Crippen LogP contribution in [0.25, 0.3) is 0 Å². The third kappa shape index (κ3) is 3.47. The molecule has 1 atom stereocenters. The van der Waals surface area contributed by atoms with Gasteiger partial charge in [0.25, 0.3) is 0 Å². The summed E-state index contributed by atoms with van der Waals surface area (Å²) in [6.07, 6.45) is -2.90. The fourth-order valence-corrected chi connectivity index (χ4v) is 2.15. The molecule has 0 unspecified atom stereocenters. The first-order valence-corrected chi connectivity index (χ1v) is 6.16. The van der Waals surface area contributed by atoms with Crippen molar-refractivity contribution in [2.45, 2.75) is 19.0 Å². The van der Waals surface area contributed by atoms with Crippen LogP contribution >= 0.6 is 0 Å². The van der Waals surface area contributed by atoms with E-state index in [9.17, 15) is 18.0 Å².